The number of anilines is 1. The molecule has 0 aliphatic carbocycles. The molecule has 33 heavy (non-hydrogen) atoms. The van der Waals surface area contributed by atoms with E-state index >= 15 is 0 Å². The summed E-state index contributed by atoms with van der Waals surface area (Å²) in [5, 5.41) is 29.9. The van der Waals surface area contributed by atoms with Gasteiger partial charge in [-0.05, 0) is 40.6 Å². The fourth-order valence-corrected chi connectivity index (χ4v) is 5.02. The minimum absolute atomic E-state index is 0.0118. The summed E-state index contributed by atoms with van der Waals surface area (Å²) in [5.74, 6) is -0.271. The van der Waals surface area contributed by atoms with Crippen LogP contribution < -0.4 is 15.5 Å². The third-order valence-corrected chi connectivity index (χ3v) is 6.89. The van der Waals surface area contributed by atoms with Gasteiger partial charge in [0.15, 0.2) is 5.13 Å². The van der Waals surface area contributed by atoms with Gasteiger partial charge in [0.2, 0.25) is 5.88 Å². The molecule has 3 heterocycles. The van der Waals surface area contributed by atoms with Gasteiger partial charge in [-0.15, -0.1) is 0 Å². The molecular weight excluding hydrogens is 477 g/mol. The van der Waals surface area contributed by atoms with Crippen LogP contribution in [0.3, 0.4) is 0 Å². The Morgan fingerprint density at radius 2 is 1.97 bits per heavy atom. The number of rotatable bonds is 4. The summed E-state index contributed by atoms with van der Waals surface area (Å²) in [4.78, 5) is 6.35. The predicted molar refractivity (Wildman–Crippen MR) is 119 cm³/mol. The first-order chi connectivity index (χ1) is 15.7. The average molecular weight is 493 g/mol. The average Bonchev–Trinajstić information content (AvgIpc) is 3.35. The van der Waals surface area contributed by atoms with Crippen molar-refractivity contribution in [1.82, 2.24) is 4.98 Å². The molecule has 1 fully saturated rings. The smallest absolute Gasteiger partial charge is 0.416 e. The first-order valence-electron chi connectivity index (χ1n) is 9.92. The van der Waals surface area contributed by atoms with Crippen LogP contribution in [0.1, 0.15) is 21.6 Å². The minimum atomic E-state index is -4.59. The molecule has 0 unspecified atom stereocenters. The molecule has 2 N–H and O–H groups in total. The van der Waals surface area contributed by atoms with Crippen molar-refractivity contribution >= 4 is 39.9 Å². The van der Waals surface area contributed by atoms with Crippen molar-refractivity contribution < 1.29 is 23.4 Å². The van der Waals surface area contributed by atoms with Crippen molar-refractivity contribution in [2.45, 2.75) is 18.7 Å². The highest BCUT2D eigenvalue weighted by Gasteiger charge is 2.34. The number of hydrogen-bond donors (Lipinski definition) is 2. The van der Waals surface area contributed by atoms with Crippen LogP contribution in [-0.4, -0.2) is 40.6 Å². The van der Waals surface area contributed by atoms with Crippen molar-refractivity contribution in [2.75, 3.05) is 18.0 Å². The number of aromatic hydroxyl groups is 1. The van der Waals surface area contributed by atoms with E-state index in [4.69, 9.17) is 11.6 Å². The van der Waals surface area contributed by atoms with Crippen molar-refractivity contribution in [3.63, 3.8) is 0 Å². The zero-order chi connectivity index (χ0) is 23.3. The standard InChI is InChI=1S/C22H16ClF3N4O2S/c23-14-3-1-12(17(7-14)22(24,25)26)6-16(11-2-4-18-13(5-11)8-27-29-18)19-20(32)28-21(33-19)30-9-15(31)10-30/h1-5,7-8,15,31-32H,6,9-10H2. The maximum Gasteiger partial charge on any atom is 0.416 e. The van der Waals surface area contributed by atoms with Crippen LogP contribution in [0, 0.1) is 0 Å². The predicted octanol–water partition coefficient (Wildman–Crippen LogP) is 3.11. The molecule has 5 rings (SSSR count). The van der Waals surface area contributed by atoms with Gasteiger partial charge < -0.3 is 15.1 Å². The quantitative estimate of drug-likeness (QED) is 0.586. The number of thiazole rings is 1. The summed E-state index contributed by atoms with van der Waals surface area (Å²) in [5.41, 5.74) is 0.398. The van der Waals surface area contributed by atoms with Gasteiger partial charge in [-0.2, -0.15) is 28.4 Å². The van der Waals surface area contributed by atoms with E-state index in [1.807, 2.05) is 0 Å². The second kappa shape index (κ2) is 8.12. The molecule has 6 nitrogen and oxygen atoms in total. The van der Waals surface area contributed by atoms with E-state index < -0.39 is 17.8 Å². The van der Waals surface area contributed by atoms with Crippen LogP contribution in [0.5, 0.6) is 5.88 Å². The number of β-amino-alcohol motifs (C(OH)–C–C–N with tert-alkyl or cyclic N) is 1. The summed E-state index contributed by atoms with van der Waals surface area (Å²) in [7, 11) is 0. The Balaban J connectivity index is 1.67. The number of aliphatic hydroxyl groups is 1. The summed E-state index contributed by atoms with van der Waals surface area (Å²) < 4.78 is 41.3. The highest BCUT2D eigenvalue weighted by Crippen LogP contribution is 2.40. The molecule has 0 saturated carbocycles. The van der Waals surface area contributed by atoms with Crippen molar-refractivity contribution in [3.05, 3.63) is 73.6 Å². The Kier molecular flexibility index (Phi) is 5.38. The van der Waals surface area contributed by atoms with E-state index in [2.05, 4.69) is 15.2 Å². The molecule has 2 aliphatic heterocycles. The van der Waals surface area contributed by atoms with Gasteiger partial charge in [0.05, 0.1) is 28.1 Å². The highest BCUT2D eigenvalue weighted by atomic mass is 35.5. The lowest BCUT2D eigenvalue weighted by molar-refractivity contribution is -0.138. The molecule has 2 aliphatic rings. The van der Waals surface area contributed by atoms with Gasteiger partial charge in [-0.1, -0.05) is 35.1 Å². The zero-order valence-electron chi connectivity index (χ0n) is 16.8. The van der Waals surface area contributed by atoms with Gasteiger partial charge in [0, 0.05) is 30.1 Å². The van der Waals surface area contributed by atoms with Crippen LogP contribution in [0.25, 0.3) is 5.57 Å². The Morgan fingerprint density at radius 3 is 2.70 bits per heavy atom. The highest BCUT2D eigenvalue weighted by molar-refractivity contribution is 7.17. The first-order valence-corrected chi connectivity index (χ1v) is 11.1. The summed E-state index contributed by atoms with van der Waals surface area (Å²) >= 11 is 7.02. The molecule has 0 spiro atoms. The third-order valence-electron chi connectivity index (χ3n) is 5.49. The number of benzene rings is 2. The molecule has 0 atom stereocenters. The topological polar surface area (TPSA) is 81.3 Å². The van der Waals surface area contributed by atoms with Gasteiger partial charge in [-0.3, -0.25) is 0 Å². The van der Waals surface area contributed by atoms with Gasteiger partial charge in [0.1, 0.15) is 0 Å². The number of aliphatic hydroxyl groups excluding tert-OH is 1. The van der Waals surface area contributed by atoms with Crippen molar-refractivity contribution in [2.24, 2.45) is 10.2 Å². The van der Waals surface area contributed by atoms with Crippen molar-refractivity contribution in [1.29, 1.82) is 0 Å². The number of halogens is 4. The number of hydrogen-bond acceptors (Lipinski definition) is 7. The second-order valence-electron chi connectivity index (χ2n) is 7.78. The van der Waals surface area contributed by atoms with Crippen molar-refractivity contribution in [3.8, 4) is 5.88 Å². The lowest BCUT2D eigenvalue weighted by Gasteiger charge is -2.35. The van der Waals surface area contributed by atoms with E-state index in [1.54, 1.807) is 29.3 Å². The van der Waals surface area contributed by atoms with E-state index in [0.717, 1.165) is 11.6 Å². The summed E-state index contributed by atoms with van der Waals surface area (Å²) in [6.45, 7) is 0.766. The number of fused-ring (bicyclic) bond motifs is 1. The fraction of sp³-hybridized carbons (Fsp3) is 0.227. The fourth-order valence-electron chi connectivity index (χ4n) is 3.81. The molecule has 1 saturated heterocycles. The van der Waals surface area contributed by atoms with Gasteiger partial charge in [0.25, 0.3) is 0 Å². The van der Waals surface area contributed by atoms with E-state index in [-0.39, 0.29) is 22.9 Å². The molecule has 1 aromatic heterocycles. The van der Waals surface area contributed by atoms with E-state index in [1.165, 1.54) is 23.5 Å². The normalized spacial score (nSPS) is 16.5. The monoisotopic (exact) mass is 492 g/mol. The van der Waals surface area contributed by atoms with Crippen LogP contribution in [-0.2, 0) is 12.6 Å². The van der Waals surface area contributed by atoms with Crippen LogP contribution in [0.2, 0.25) is 5.02 Å². The largest absolute Gasteiger partial charge is 0.492 e. The number of aromatic nitrogens is 1. The maximum absolute atomic E-state index is 13.8. The maximum atomic E-state index is 13.8. The molecule has 0 radical (unpaired) electrons. The van der Waals surface area contributed by atoms with Crippen LogP contribution in [0.4, 0.5) is 18.3 Å². The molecule has 3 aromatic rings. The molecule has 11 heteroatoms. The summed E-state index contributed by atoms with van der Waals surface area (Å²) in [6.07, 6.45) is -3.61. The van der Waals surface area contributed by atoms with Crippen LogP contribution >= 0.6 is 22.9 Å². The molecular formula is C22H16ClF3N4O2S. The Labute approximate surface area is 194 Å². The Hall–Kier alpha value is -2.95. The number of nitrogens with zero attached hydrogens (tertiary/aromatic N) is 4. The molecule has 170 valence electrons. The summed E-state index contributed by atoms with van der Waals surface area (Å²) in [6, 6.07) is 8.91. The van der Waals surface area contributed by atoms with E-state index in [0.29, 0.717) is 39.2 Å². The van der Waals surface area contributed by atoms with Crippen LogP contribution in [0.15, 0.2) is 46.6 Å². The zero-order valence-corrected chi connectivity index (χ0v) is 18.4. The third kappa shape index (κ3) is 4.21. The van der Waals surface area contributed by atoms with Gasteiger partial charge >= 0.3 is 6.18 Å². The lowest BCUT2D eigenvalue weighted by atomic mass is 9.96. The Morgan fingerprint density at radius 1 is 1.18 bits per heavy atom. The minimum Gasteiger partial charge on any atom is -0.492 e. The van der Waals surface area contributed by atoms with E-state index in [9.17, 15) is 23.4 Å². The number of alkyl halides is 3. The second-order valence-corrected chi connectivity index (χ2v) is 9.19. The molecule has 0 bridgehead atoms. The Bertz CT molecular complexity index is 1400. The molecule has 0 amide bonds. The van der Waals surface area contributed by atoms with Gasteiger partial charge in [-0.25, -0.2) is 0 Å². The first kappa shape index (κ1) is 21.9. The lowest BCUT2D eigenvalue weighted by Crippen LogP contribution is -2.50. The molecule has 2 aromatic carbocycles. The SMILES string of the molecule is Oc1nc(N2CC(O)C2)sc1C(Cc1ccc(Cl)cc1C(F)(F)F)=c1ccc2c(c1)C=NN=2.